The quantitative estimate of drug-likeness (QED) is 0.390. The number of hydrogen-bond acceptors (Lipinski definition) is 6. The average Bonchev–Trinajstić information content (AvgIpc) is 3.37. The van der Waals surface area contributed by atoms with Crippen LogP contribution in [0.2, 0.25) is 0 Å². The number of para-hydroxylation sites is 1. The molecule has 2 unspecified atom stereocenters. The lowest BCUT2D eigenvalue weighted by atomic mass is 10.0. The van der Waals surface area contributed by atoms with Gasteiger partial charge in [-0.1, -0.05) is 42.5 Å². The Kier molecular flexibility index (Phi) is 6.78. The van der Waals surface area contributed by atoms with Crippen LogP contribution in [0.25, 0.3) is 16.9 Å². The summed E-state index contributed by atoms with van der Waals surface area (Å²) in [6.07, 6.45) is -2.77. The summed E-state index contributed by atoms with van der Waals surface area (Å²) >= 11 is 0. The van der Waals surface area contributed by atoms with Gasteiger partial charge in [0.1, 0.15) is 12.4 Å². The van der Waals surface area contributed by atoms with Crippen LogP contribution in [0.1, 0.15) is 17.2 Å². The summed E-state index contributed by atoms with van der Waals surface area (Å²) in [7, 11) is 0. The van der Waals surface area contributed by atoms with Crippen LogP contribution in [-0.4, -0.2) is 43.0 Å². The second-order valence-corrected chi connectivity index (χ2v) is 7.64. The van der Waals surface area contributed by atoms with E-state index in [1.165, 1.54) is 35.1 Å². The molecule has 0 saturated carbocycles. The summed E-state index contributed by atoms with van der Waals surface area (Å²) in [5, 5.41) is 13.0. The SMILES string of the molecule is NC(Cc1ccc(-c2cc(OC(c3ccccc3-n3cccn3)C(F)(F)F)ncn2)cc1)C(=O)O. The van der Waals surface area contributed by atoms with E-state index in [0.29, 0.717) is 16.8 Å². The fraction of sp³-hybridized carbons (Fsp3) is 0.167. The smallest absolute Gasteiger partial charge is 0.429 e. The predicted molar refractivity (Wildman–Crippen MR) is 120 cm³/mol. The number of nitrogens with two attached hydrogens (primary N) is 1. The molecule has 4 aromatic rings. The van der Waals surface area contributed by atoms with E-state index in [9.17, 15) is 18.0 Å². The van der Waals surface area contributed by atoms with E-state index in [-0.39, 0.29) is 23.6 Å². The Morgan fingerprint density at radius 2 is 1.83 bits per heavy atom. The van der Waals surface area contributed by atoms with Crippen LogP contribution in [0, 0.1) is 0 Å². The average molecular weight is 483 g/mol. The number of ether oxygens (including phenoxy) is 1. The summed E-state index contributed by atoms with van der Waals surface area (Å²) < 4.78 is 49.0. The van der Waals surface area contributed by atoms with Gasteiger partial charge in [0.2, 0.25) is 12.0 Å². The molecule has 0 aliphatic rings. The van der Waals surface area contributed by atoms with Crippen molar-refractivity contribution < 1.29 is 27.8 Å². The van der Waals surface area contributed by atoms with Gasteiger partial charge in [-0.25, -0.2) is 14.6 Å². The van der Waals surface area contributed by atoms with Crippen LogP contribution in [0.5, 0.6) is 5.88 Å². The number of benzene rings is 2. The number of carbonyl (C=O) groups is 1. The number of aliphatic carboxylic acids is 1. The Morgan fingerprint density at radius 1 is 1.09 bits per heavy atom. The maximum Gasteiger partial charge on any atom is 0.429 e. The molecule has 2 heterocycles. The molecule has 0 aliphatic heterocycles. The summed E-state index contributed by atoms with van der Waals surface area (Å²) in [6.45, 7) is 0. The third-order valence-corrected chi connectivity index (χ3v) is 5.17. The molecule has 35 heavy (non-hydrogen) atoms. The van der Waals surface area contributed by atoms with E-state index >= 15 is 0 Å². The molecule has 11 heteroatoms. The Labute approximate surface area is 197 Å². The van der Waals surface area contributed by atoms with E-state index in [1.807, 2.05) is 0 Å². The number of nitrogens with zero attached hydrogens (tertiary/aromatic N) is 4. The molecule has 0 bridgehead atoms. The van der Waals surface area contributed by atoms with Crippen molar-refractivity contribution in [2.45, 2.75) is 24.7 Å². The molecule has 0 radical (unpaired) electrons. The van der Waals surface area contributed by atoms with Crippen molar-refractivity contribution >= 4 is 5.97 Å². The Balaban J connectivity index is 1.61. The van der Waals surface area contributed by atoms with Gasteiger partial charge < -0.3 is 15.6 Å². The fourth-order valence-electron chi connectivity index (χ4n) is 3.47. The molecular weight excluding hydrogens is 463 g/mol. The highest BCUT2D eigenvalue weighted by Crippen LogP contribution is 2.39. The van der Waals surface area contributed by atoms with Crippen LogP contribution in [-0.2, 0) is 11.2 Å². The Hall–Kier alpha value is -4.25. The van der Waals surface area contributed by atoms with E-state index in [0.717, 1.165) is 6.33 Å². The molecule has 0 amide bonds. The van der Waals surface area contributed by atoms with Crippen LogP contribution < -0.4 is 10.5 Å². The van der Waals surface area contributed by atoms with Crippen LogP contribution in [0.4, 0.5) is 13.2 Å². The maximum atomic E-state index is 14.1. The molecule has 8 nitrogen and oxygen atoms in total. The van der Waals surface area contributed by atoms with Crippen molar-refractivity contribution in [1.29, 1.82) is 0 Å². The van der Waals surface area contributed by atoms with Crippen molar-refractivity contribution in [3.8, 4) is 22.8 Å². The number of aromatic nitrogens is 4. The van der Waals surface area contributed by atoms with Gasteiger partial charge in [-0.15, -0.1) is 0 Å². The lowest BCUT2D eigenvalue weighted by Crippen LogP contribution is -2.32. The largest absolute Gasteiger partial charge is 0.480 e. The number of halogens is 3. The van der Waals surface area contributed by atoms with E-state index < -0.39 is 24.3 Å². The molecule has 0 spiro atoms. The molecule has 0 fully saturated rings. The van der Waals surface area contributed by atoms with Gasteiger partial charge in [0.25, 0.3) is 0 Å². The van der Waals surface area contributed by atoms with Crippen molar-refractivity contribution in [3.05, 3.63) is 90.5 Å². The summed E-state index contributed by atoms with van der Waals surface area (Å²) in [5.74, 6) is -1.37. The topological polar surface area (TPSA) is 116 Å². The first kappa shape index (κ1) is 23.9. The van der Waals surface area contributed by atoms with E-state index in [2.05, 4.69) is 15.1 Å². The molecule has 180 valence electrons. The van der Waals surface area contributed by atoms with Gasteiger partial charge >= 0.3 is 12.1 Å². The van der Waals surface area contributed by atoms with Crippen LogP contribution in [0.15, 0.2) is 79.4 Å². The van der Waals surface area contributed by atoms with Gasteiger partial charge in [-0.3, -0.25) is 4.79 Å². The van der Waals surface area contributed by atoms with E-state index in [1.54, 1.807) is 42.6 Å². The highest BCUT2D eigenvalue weighted by Gasteiger charge is 2.44. The standard InChI is InChI=1S/C24H20F3N5O3/c25-24(26,27)22(17-4-1-2-5-20(17)32-11-3-10-31-32)35-21-13-19(29-14-30-21)16-8-6-15(7-9-16)12-18(28)23(33)34/h1-11,13-14,18,22H,12,28H2,(H,33,34). The highest BCUT2D eigenvalue weighted by molar-refractivity contribution is 5.73. The third-order valence-electron chi connectivity index (χ3n) is 5.17. The first-order valence-electron chi connectivity index (χ1n) is 10.4. The lowest BCUT2D eigenvalue weighted by Gasteiger charge is -2.23. The lowest BCUT2D eigenvalue weighted by molar-refractivity contribution is -0.198. The Morgan fingerprint density at radius 3 is 2.49 bits per heavy atom. The number of alkyl halides is 3. The number of rotatable bonds is 8. The van der Waals surface area contributed by atoms with Gasteiger partial charge in [-0.2, -0.15) is 18.3 Å². The van der Waals surface area contributed by atoms with Crippen LogP contribution >= 0.6 is 0 Å². The zero-order valence-electron chi connectivity index (χ0n) is 18.1. The van der Waals surface area contributed by atoms with Crippen LogP contribution in [0.3, 0.4) is 0 Å². The normalized spacial score (nSPS) is 13.3. The third kappa shape index (κ3) is 5.64. The predicted octanol–water partition coefficient (Wildman–Crippen LogP) is 3.97. The van der Waals surface area contributed by atoms with Crippen molar-refractivity contribution in [1.82, 2.24) is 19.7 Å². The minimum Gasteiger partial charge on any atom is -0.480 e. The molecule has 0 aliphatic carbocycles. The molecular formula is C24H20F3N5O3. The molecule has 2 aromatic heterocycles. The second-order valence-electron chi connectivity index (χ2n) is 7.64. The molecule has 3 N–H and O–H groups in total. The molecule has 2 atom stereocenters. The van der Waals surface area contributed by atoms with Crippen molar-refractivity contribution in [3.63, 3.8) is 0 Å². The van der Waals surface area contributed by atoms with Crippen molar-refractivity contribution in [2.75, 3.05) is 0 Å². The summed E-state index contributed by atoms with van der Waals surface area (Å²) in [5.41, 5.74) is 7.28. The first-order valence-corrected chi connectivity index (χ1v) is 10.4. The monoisotopic (exact) mass is 483 g/mol. The minimum absolute atomic E-state index is 0.122. The minimum atomic E-state index is -4.74. The van der Waals surface area contributed by atoms with Gasteiger partial charge in [-0.05, 0) is 24.1 Å². The molecule has 4 rings (SSSR count). The summed E-state index contributed by atoms with van der Waals surface area (Å²) in [4.78, 5) is 18.9. The first-order chi connectivity index (χ1) is 16.7. The zero-order valence-corrected chi connectivity index (χ0v) is 18.1. The van der Waals surface area contributed by atoms with Crippen molar-refractivity contribution in [2.24, 2.45) is 5.73 Å². The molecule has 2 aromatic carbocycles. The van der Waals surface area contributed by atoms with Gasteiger partial charge in [0, 0.05) is 29.6 Å². The second kappa shape index (κ2) is 9.94. The zero-order chi connectivity index (χ0) is 25.0. The van der Waals surface area contributed by atoms with Gasteiger partial charge in [0.15, 0.2) is 0 Å². The number of carboxylic acid groups (broad SMARTS) is 1. The van der Waals surface area contributed by atoms with Gasteiger partial charge in [0.05, 0.1) is 11.4 Å². The molecule has 0 saturated heterocycles. The highest BCUT2D eigenvalue weighted by atomic mass is 19.4. The Bertz CT molecular complexity index is 1290. The summed E-state index contributed by atoms with van der Waals surface area (Å²) in [6, 6.07) is 14.5. The number of hydrogen-bond donors (Lipinski definition) is 2. The maximum absolute atomic E-state index is 14.1. The van der Waals surface area contributed by atoms with E-state index in [4.69, 9.17) is 15.6 Å². The number of carboxylic acids is 1. The fourth-order valence-corrected chi connectivity index (χ4v) is 3.47.